The van der Waals surface area contributed by atoms with Crippen LogP contribution in [0, 0.1) is 10.1 Å². The fourth-order valence-corrected chi connectivity index (χ4v) is 2.85. The molecule has 9 heteroatoms. The van der Waals surface area contributed by atoms with E-state index in [1.807, 2.05) is 20.8 Å². The molecule has 0 radical (unpaired) electrons. The molecule has 1 aromatic heterocycles. The van der Waals surface area contributed by atoms with Crippen LogP contribution in [0.5, 0.6) is 0 Å². The predicted octanol–water partition coefficient (Wildman–Crippen LogP) is 1.51. The van der Waals surface area contributed by atoms with Crippen LogP contribution in [-0.2, 0) is 5.41 Å². The van der Waals surface area contributed by atoms with Gasteiger partial charge in [-0.15, -0.1) is 0 Å². The fourth-order valence-electron chi connectivity index (χ4n) is 2.85. The molecule has 0 spiro atoms. The number of rotatable bonds is 2. The zero-order valence-corrected chi connectivity index (χ0v) is 14.3. The summed E-state index contributed by atoms with van der Waals surface area (Å²) in [7, 11) is 0. The van der Waals surface area contributed by atoms with Gasteiger partial charge in [0, 0.05) is 12.1 Å². The molecule has 9 nitrogen and oxygen atoms in total. The Morgan fingerprint density at radius 2 is 1.77 bits per heavy atom. The number of fused-ring (bicyclic) bond motifs is 1. The first-order valence-corrected chi connectivity index (χ1v) is 7.73. The molecule has 0 fully saturated rings. The number of aromatic nitrogens is 1. The molecular formula is C17H16N4O5. The van der Waals surface area contributed by atoms with Crippen LogP contribution in [0.25, 0.3) is 5.69 Å². The predicted molar refractivity (Wildman–Crippen MR) is 93.6 cm³/mol. The Hall–Kier alpha value is -3.49. The van der Waals surface area contributed by atoms with E-state index in [0.717, 1.165) is 10.6 Å². The average Bonchev–Trinajstić information content (AvgIpc) is 2.80. The smallest absolute Gasteiger partial charge is 0.293 e. The maximum atomic E-state index is 12.5. The van der Waals surface area contributed by atoms with Gasteiger partial charge in [0.15, 0.2) is 0 Å². The largest absolute Gasteiger partial charge is 0.384 e. The molecule has 26 heavy (non-hydrogen) atoms. The van der Waals surface area contributed by atoms with Crippen LogP contribution in [0.2, 0.25) is 0 Å². The number of amides is 2. The monoisotopic (exact) mass is 356 g/mol. The number of nitrogens with one attached hydrogen (secondary N) is 1. The van der Waals surface area contributed by atoms with E-state index in [0.29, 0.717) is 5.56 Å². The Kier molecular flexibility index (Phi) is 3.68. The number of nitrogens with two attached hydrogens (primary N) is 1. The summed E-state index contributed by atoms with van der Waals surface area (Å²) in [5.74, 6) is -1.79. The highest BCUT2D eigenvalue weighted by Crippen LogP contribution is 2.32. The normalized spacial score (nSPS) is 13.5. The number of nitro benzene ring substituents is 1. The van der Waals surface area contributed by atoms with Crippen molar-refractivity contribution in [2.24, 2.45) is 0 Å². The number of benzene rings is 1. The highest BCUT2D eigenvalue weighted by molar-refractivity contribution is 6.23. The Balaban J connectivity index is 2.34. The van der Waals surface area contributed by atoms with Crippen LogP contribution in [0.3, 0.4) is 0 Å². The van der Waals surface area contributed by atoms with Gasteiger partial charge in [0.05, 0.1) is 16.1 Å². The van der Waals surface area contributed by atoms with Gasteiger partial charge in [-0.25, -0.2) is 0 Å². The van der Waals surface area contributed by atoms with Crippen molar-refractivity contribution in [3.05, 3.63) is 61.4 Å². The van der Waals surface area contributed by atoms with Crippen LogP contribution < -0.4 is 16.6 Å². The molecule has 0 atom stereocenters. The molecule has 1 aromatic carbocycles. The number of nitro groups is 1. The molecule has 2 aromatic rings. The quantitative estimate of drug-likeness (QED) is 0.475. The maximum Gasteiger partial charge on any atom is 0.293 e. The third kappa shape index (κ3) is 2.53. The molecule has 2 heterocycles. The SMILES string of the molecule is CC(C)(C)c1ccc(-n2c(N)c3c(cc2=O)C(=O)NC3=O)c([N+](=O)[O-])c1. The second-order valence-corrected chi connectivity index (χ2v) is 6.99. The summed E-state index contributed by atoms with van der Waals surface area (Å²) in [6.07, 6.45) is 0. The first-order chi connectivity index (χ1) is 12.0. The van der Waals surface area contributed by atoms with E-state index in [4.69, 9.17) is 5.73 Å². The van der Waals surface area contributed by atoms with Gasteiger partial charge in [-0.05, 0) is 17.0 Å². The van der Waals surface area contributed by atoms with Crippen LogP contribution in [-0.4, -0.2) is 21.3 Å². The number of anilines is 1. The second-order valence-electron chi connectivity index (χ2n) is 6.99. The lowest BCUT2D eigenvalue weighted by Crippen LogP contribution is -2.25. The summed E-state index contributed by atoms with van der Waals surface area (Å²) in [6.45, 7) is 5.70. The summed E-state index contributed by atoms with van der Waals surface area (Å²) in [5, 5.41) is 13.6. The average molecular weight is 356 g/mol. The van der Waals surface area contributed by atoms with E-state index < -0.39 is 22.3 Å². The number of carbonyl (C=O) groups is 2. The number of hydrogen-bond donors (Lipinski definition) is 2. The maximum absolute atomic E-state index is 12.5. The summed E-state index contributed by atoms with van der Waals surface area (Å²) >= 11 is 0. The Morgan fingerprint density at radius 3 is 2.35 bits per heavy atom. The molecule has 1 aliphatic rings. The van der Waals surface area contributed by atoms with Gasteiger partial charge < -0.3 is 5.73 Å². The molecule has 0 aliphatic carbocycles. The number of pyridine rings is 1. The third-order valence-electron chi connectivity index (χ3n) is 4.23. The highest BCUT2D eigenvalue weighted by Gasteiger charge is 2.33. The summed E-state index contributed by atoms with van der Waals surface area (Å²) in [5.41, 5.74) is 4.87. The lowest BCUT2D eigenvalue weighted by atomic mass is 9.86. The zero-order valence-electron chi connectivity index (χ0n) is 14.3. The van der Waals surface area contributed by atoms with Crippen molar-refractivity contribution in [1.82, 2.24) is 9.88 Å². The Labute approximate surface area is 147 Å². The number of nitrogens with zero attached hydrogens (tertiary/aromatic N) is 2. The first kappa shape index (κ1) is 17.3. The van der Waals surface area contributed by atoms with Crippen LogP contribution in [0.1, 0.15) is 47.1 Å². The van der Waals surface area contributed by atoms with Crippen molar-refractivity contribution < 1.29 is 14.5 Å². The second kappa shape index (κ2) is 5.51. The molecule has 0 bridgehead atoms. The van der Waals surface area contributed by atoms with Crippen LogP contribution in [0.15, 0.2) is 29.1 Å². The molecule has 3 rings (SSSR count). The van der Waals surface area contributed by atoms with E-state index >= 15 is 0 Å². The molecule has 0 saturated carbocycles. The van der Waals surface area contributed by atoms with E-state index in [1.165, 1.54) is 12.1 Å². The van der Waals surface area contributed by atoms with Gasteiger partial charge in [-0.2, -0.15) is 0 Å². The van der Waals surface area contributed by atoms with Gasteiger partial charge in [-0.3, -0.25) is 34.4 Å². The van der Waals surface area contributed by atoms with Crippen molar-refractivity contribution in [3.8, 4) is 5.69 Å². The van der Waals surface area contributed by atoms with Gasteiger partial charge in [0.2, 0.25) is 0 Å². The molecule has 0 saturated heterocycles. The highest BCUT2D eigenvalue weighted by atomic mass is 16.6. The minimum Gasteiger partial charge on any atom is -0.384 e. The standard InChI is InChI=1S/C17H16N4O5/c1-17(2,3)8-4-5-10(11(6-8)21(25)26)20-12(22)7-9-13(14(20)18)16(24)19-15(9)23/h4-7H,18H2,1-3H3,(H,19,23,24). The number of carbonyl (C=O) groups excluding carboxylic acids is 2. The first-order valence-electron chi connectivity index (χ1n) is 7.73. The Bertz CT molecular complexity index is 1050. The topological polar surface area (TPSA) is 137 Å². The van der Waals surface area contributed by atoms with E-state index in [-0.39, 0.29) is 33.7 Å². The summed E-state index contributed by atoms with van der Waals surface area (Å²) in [6, 6.07) is 5.40. The van der Waals surface area contributed by atoms with Crippen molar-refractivity contribution in [1.29, 1.82) is 0 Å². The van der Waals surface area contributed by atoms with Gasteiger partial charge in [0.25, 0.3) is 23.1 Å². The van der Waals surface area contributed by atoms with Crippen LogP contribution in [0.4, 0.5) is 11.5 Å². The lowest BCUT2D eigenvalue weighted by Gasteiger charge is -2.20. The third-order valence-corrected chi connectivity index (χ3v) is 4.23. The zero-order chi connectivity index (χ0) is 19.4. The molecular weight excluding hydrogens is 340 g/mol. The summed E-state index contributed by atoms with van der Waals surface area (Å²) in [4.78, 5) is 47.1. The van der Waals surface area contributed by atoms with Gasteiger partial charge in [0.1, 0.15) is 11.5 Å². The Morgan fingerprint density at radius 1 is 1.12 bits per heavy atom. The minimum absolute atomic E-state index is 0.0690. The molecule has 0 unspecified atom stereocenters. The van der Waals surface area contributed by atoms with Crippen molar-refractivity contribution in [2.45, 2.75) is 26.2 Å². The number of hydrogen-bond acceptors (Lipinski definition) is 6. The number of imide groups is 1. The fraction of sp³-hybridized carbons (Fsp3) is 0.235. The molecule has 134 valence electrons. The molecule has 3 N–H and O–H groups in total. The van der Waals surface area contributed by atoms with Crippen molar-refractivity contribution >= 4 is 23.3 Å². The van der Waals surface area contributed by atoms with E-state index in [2.05, 4.69) is 5.32 Å². The van der Waals surface area contributed by atoms with Crippen molar-refractivity contribution in [2.75, 3.05) is 5.73 Å². The minimum atomic E-state index is -0.745. The lowest BCUT2D eigenvalue weighted by molar-refractivity contribution is -0.384. The van der Waals surface area contributed by atoms with Gasteiger partial charge in [-0.1, -0.05) is 26.8 Å². The molecule has 2 amide bonds. The molecule has 1 aliphatic heterocycles. The van der Waals surface area contributed by atoms with Crippen molar-refractivity contribution in [3.63, 3.8) is 0 Å². The number of nitrogen functional groups attached to an aromatic ring is 1. The van der Waals surface area contributed by atoms with Gasteiger partial charge >= 0.3 is 0 Å². The van der Waals surface area contributed by atoms with Crippen LogP contribution >= 0.6 is 0 Å². The summed E-state index contributed by atoms with van der Waals surface area (Å²) < 4.78 is 0.877. The van der Waals surface area contributed by atoms with E-state index in [9.17, 15) is 24.5 Å². The van der Waals surface area contributed by atoms with E-state index in [1.54, 1.807) is 6.07 Å².